The van der Waals surface area contributed by atoms with Crippen molar-refractivity contribution in [2.24, 2.45) is 0 Å². The zero-order chi connectivity index (χ0) is 13.8. The molecule has 0 saturated carbocycles. The van der Waals surface area contributed by atoms with Gasteiger partial charge in [-0.05, 0) is 27.9 Å². The Kier molecular flexibility index (Phi) is 4.86. The van der Waals surface area contributed by atoms with E-state index in [0.29, 0.717) is 24.9 Å². The molecule has 0 aliphatic rings. The molecule has 1 heterocycles. The van der Waals surface area contributed by atoms with Gasteiger partial charge in [0.15, 0.2) is 0 Å². The maximum atomic E-state index is 10.2. The van der Waals surface area contributed by atoms with E-state index in [4.69, 9.17) is 0 Å². The minimum absolute atomic E-state index is 0.435. The van der Waals surface area contributed by atoms with Crippen LogP contribution in [0.25, 0.3) is 0 Å². The second-order valence-corrected chi connectivity index (χ2v) is 5.06. The number of nitrogens with one attached hydrogen (secondary N) is 2. The number of likely N-dealkylation sites (N-methyl/N-ethyl adjacent to an activating group) is 1. The lowest BCUT2D eigenvalue weighted by atomic mass is 10.1. The summed E-state index contributed by atoms with van der Waals surface area (Å²) < 4.78 is 0. The first kappa shape index (κ1) is 14.7. The van der Waals surface area contributed by atoms with Crippen LogP contribution in [0.15, 0.2) is 6.07 Å². The monoisotopic (exact) mass is 253 g/mol. The lowest BCUT2D eigenvalue weighted by Gasteiger charge is -2.27. The van der Waals surface area contributed by atoms with Crippen molar-refractivity contribution in [1.82, 2.24) is 14.9 Å². The molecule has 1 rings (SSSR count). The highest BCUT2D eigenvalue weighted by Crippen LogP contribution is 2.11. The molecule has 3 N–H and O–H groups in total. The highest BCUT2D eigenvalue weighted by Gasteiger charge is 2.21. The first-order valence-electron chi connectivity index (χ1n) is 5.97. The standard InChI is InChI=1S/C12H23N5O/c1-9-6-10(16-11(13-3)15-9)14-7-12(2,18)8-17(4)5/h6,18H,7-8H2,1-5H3,(H2,13,14,15,16). The lowest BCUT2D eigenvalue weighted by molar-refractivity contribution is 0.0459. The van der Waals surface area contributed by atoms with Gasteiger partial charge in [-0.25, -0.2) is 4.98 Å². The molecule has 0 aliphatic heterocycles. The predicted octanol–water partition coefficient (Wildman–Crippen LogP) is 0.551. The molecule has 0 aromatic carbocycles. The Morgan fingerprint density at radius 1 is 1.39 bits per heavy atom. The van der Waals surface area contributed by atoms with E-state index in [-0.39, 0.29) is 0 Å². The van der Waals surface area contributed by atoms with Gasteiger partial charge in [0.25, 0.3) is 0 Å². The van der Waals surface area contributed by atoms with Gasteiger partial charge in [0.05, 0.1) is 5.60 Å². The lowest BCUT2D eigenvalue weighted by Crippen LogP contribution is -2.43. The van der Waals surface area contributed by atoms with Crippen LogP contribution in [0.5, 0.6) is 0 Å². The van der Waals surface area contributed by atoms with Gasteiger partial charge in [0, 0.05) is 31.9 Å². The number of hydrogen-bond donors (Lipinski definition) is 3. The van der Waals surface area contributed by atoms with Crippen LogP contribution < -0.4 is 10.6 Å². The summed E-state index contributed by atoms with van der Waals surface area (Å²) in [5.41, 5.74) is 0.0754. The van der Waals surface area contributed by atoms with E-state index in [1.54, 1.807) is 14.0 Å². The highest BCUT2D eigenvalue weighted by molar-refractivity contribution is 5.42. The first-order chi connectivity index (χ1) is 8.32. The van der Waals surface area contributed by atoms with E-state index in [0.717, 1.165) is 5.69 Å². The number of anilines is 2. The normalized spacial score (nSPS) is 14.4. The first-order valence-corrected chi connectivity index (χ1v) is 5.97. The molecule has 6 nitrogen and oxygen atoms in total. The van der Waals surface area contributed by atoms with Crippen molar-refractivity contribution >= 4 is 11.8 Å². The zero-order valence-electron chi connectivity index (χ0n) is 11.8. The molecule has 0 amide bonds. The quantitative estimate of drug-likeness (QED) is 0.687. The third-order valence-corrected chi connectivity index (χ3v) is 2.39. The Balaban J connectivity index is 2.65. The number of aliphatic hydroxyl groups is 1. The van der Waals surface area contributed by atoms with E-state index in [2.05, 4.69) is 20.6 Å². The third-order valence-electron chi connectivity index (χ3n) is 2.39. The van der Waals surface area contributed by atoms with Crippen molar-refractivity contribution in [3.63, 3.8) is 0 Å². The fraction of sp³-hybridized carbons (Fsp3) is 0.667. The average molecular weight is 253 g/mol. The summed E-state index contributed by atoms with van der Waals surface area (Å²) in [4.78, 5) is 10.4. The van der Waals surface area contributed by atoms with Gasteiger partial charge < -0.3 is 20.6 Å². The van der Waals surface area contributed by atoms with E-state index >= 15 is 0 Å². The summed E-state index contributed by atoms with van der Waals surface area (Å²) in [7, 11) is 5.64. The third kappa shape index (κ3) is 4.85. The van der Waals surface area contributed by atoms with Crippen LogP contribution in [0.4, 0.5) is 11.8 Å². The van der Waals surface area contributed by atoms with Crippen molar-refractivity contribution in [1.29, 1.82) is 0 Å². The molecule has 0 radical (unpaired) electrons. The Morgan fingerprint density at radius 3 is 2.61 bits per heavy atom. The molecule has 6 heteroatoms. The van der Waals surface area contributed by atoms with Crippen molar-refractivity contribution in [2.75, 3.05) is 44.9 Å². The summed E-state index contributed by atoms with van der Waals surface area (Å²) in [5.74, 6) is 1.29. The number of rotatable bonds is 6. The van der Waals surface area contributed by atoms with Crippen LogP contribution in [-0.2, 0) is 0 Å². The maximum Gasteiger partial charge on any atom is 0.224 e. The molecule has 1 aromatic heterocycles. The Morgan fingerprint density at radius 2 is 2.06 bits per heavy atom. The van der Waals surface area contributed by atoms with E-state index in [1.807, 2.05) is 32.0 Å². The summed E-state index contributed by atoms with van der Waals surface area (Å²) in [6.07, 6.45) is 0. The predicted molar refractivity (Wildman–Crippen MR) is 74.0 cm³/mol. The van der Waals surface area contributed by atoms with Crippen LogP contribution in [0.1, 0.15) is 12.6 Å². The second-order valence-electron chi connectivity index (χ2n) is 5.06. The molecule has 0 fully saturated rings. The molecule has 1 aromatic rings. The van der Waals surface area contributed by atoms with Crippen LogP contribution in [0, 0.1) is 6.92 Å². The minimum atomic E-state index is -0.803. The van der Waals surface area contributed by atoms with Gasteiger partial charge in [-0.3, -0.25) is 0 Å². The fourth-order valence-corrected chi connectivity index (χ4v) is 1.79. The largest absolute Gasteiger partial charge is 0.387 e. The summed E-state index contributed by atoms with van der Waals surface area (Å²) in [6.45, 7) is 4.73. The molecular weight excluding hydrogens is 230 g/mol. The van der Waals surface area contributed by atoms with Gasteiger partial charge in [-0.1, -0.05) is 0 Å². The van der Waals surface area contributed by atoms with Gasteiger partial charge in [0.2, 0.25) is 5.95 Å². The molecule has 1 unspecified atom stereocenters. The van der Waals surface area contributed by atoms with Crippen molar-refractivity contribution in [2.45, 2.75) is 19.4 Å². The Labute approximate surface area is 108 Å². The molecule has 1 atom stereocenters. The zero-order valence-corrected chi connectivity index (χ0v) is 11.8. The van der Waals surface area contributed by atoms with Crippen molar-refractivity contribution in [3.8, 4) is 0 Å². The molecular formula is C12H23N5O. The van der Waals surface area contributed by atoms with E-state index in [9.17, 15) is 5.11 Å². The van der Waals surface area contributed by atoms with Gasteiger partial charge >= 0.3 is 0 Å². The SMILES string of the molecule is CNc1nc(C)cc(NCC(C)(O)CN(C)C)n1. The summed E-state index contributed by atoms with van der Waals surface area (Å²) in [5, 5.41) is 16.2. The number of aromatic nitrogens is 2. The number of nitrogens with zero attached hydrogens (tertiary/aromatic N) is 3. The van der Waals surface area contributed by atoms with E-state index < -0.39 is 5.60 Å². The molecule has 102 valence electrons. The number of aryl methyl sites for hydroxylation is 1. The Hall–Kier alpha value is -1.40. The van der Waals surface area contributed by atoms with Crippen LogP contribution in [-0.4, -0.2) is 59.8 Å². The molecule has 0 aliphatic carbocycles. The van der Waals surface area contributed by atoms with Gasteiger partial charge in [-0.15, -0.1) is 0 Å². The minimum Gasteiger partial charge on any atom is -0.387 e. The molecule has 0 bridgehead atoms. The van der Waals surface area contributed by atoms with Crippen LogP contribution in [0.2, 0.25) is 0 Å². The second kappa shape index (κ2) is 5.97. The van der Waals surface area contributed by atoms with Gasteiger partial charge in [0.1, 0.15) is 5.82 Å². The average Bonchev–Trinajstić information content (AvgIpc) is 2.24. The highest BCUT2D eigenvalue weighted by atomic mass is 16.3. The fourth-order valence-electron chi connectivity index (χ4n) is 1.79. The molecule has 18 heavy (non-hydrogen) atoms. The molecule has 0 spiro atoms. The van der Waals surface area contributed by atoms with Gasteiger partial charge in [-0.2, -0.15) is 4.98 Å². The van der Waals surface area contributed by atoms with Crippen LogP contribution in [0.3, 0.4) is 0 Å². The molecule has 0 saturated heterocycles. The van der Waals surface area contributed by atoms with Crippen LogP contribution >= 0.6 is 0 Å². The maximum absolute atomic E-state index is 10.2. The van der Waals surface area contributed by atoms with E-state index in [1.165, 1.54) is 0 Å². The van der Waals surface area contributed by atoms with Crippen molar-refractivity contribution < 1.29 is 5.11 Å². The van der Waals surface area contributed by atoms with Crippen molar-refractivity contribution in [3.05, 3.63) is 11.8 Å². The topological polar surface area (TPSA) is 73.3 Å². The summed E-state index contributed by atoms with van der Waals surface area (Å²) >= 11 is 0. The number of hydrogen-bond acceptors (Lipinski definition) is 6. The smallest absolute Gasteiger partial charge is 0.224 e. The summed E-state index contributed by atoms with van der Waals surface area (Å²) in [6, 6.07) is 1.85. The Bertz CT molecular complexity index is 392.